The van der Waals surface area contributed by atoms with Crippen LogP contribution in [0.2, 0.25) is 0 Å². The highest BCUT2D eigenvalue weighted by Crippen LogP contribution is 2.19. The molecule has 0 aromatic heterocycles. The highest BCUT2D eigenvalue weighted by atomic mass is 32.2. The van der Waals surface area contributed by atoms with E-state index in [1.165, 1.54) is 29.2 Å². The zero-order valence-electron chi connectivity index (χ0n) is 14.5. The molecule has 0 bridgehead atoms. The van der Waals surface area contributed by atoms with Crippen LogP contribution in [0.4, 0.5) is 10.1 Å². The zero-order chi connectivity index (χ0) is 19.3. The van der Waals surface area contributed by atoms with Crippen molar-refractivity contribution in [3.8, 4) is 0 Å². The van der Waals surface area contributed by atoms with E-state index in [1.807, 2.05) is 0 Å². The Morgan fingerprint density at radius 1 is 1.35 bits per heavy atom. The van der Waals surface area contributed by atoms with E-state index in [9.17, 15) is 18.8 Å². The molecular weight excluding hydrogens is 363 g/mol. The van der Waals surface area contributed by atoms with Crippen LogP contribution in [0.1, 0.15) is 13.8 Å². The van der Waals surface area contributed by atoms with Crippen molar-refractivity contribution in [1.82, 2.24) is 4.90 Å². The number of carboxylic acid groups (broad SMARTS) is 1. The van der Waals surface area contributed by atoms with Crippen LogP contribution in [-0.4, -0.2) is 64.1 Å². The van der Waals surface area contributed by atoms with E-state index in [0.717, 1.165) is 11.8 Å². The number of aliphatic carboxylic acids is 1. The summed E-state index contributed by atoms with van der Waals surface area (Å²) >= 11 is 1.15. The molecule has 1 aromatic rings. The predicted molar refractivity (Wildman–Crippen MR) is 95.5 cm³/mol. The molecule has 2 N–H and O–H groups in total. The highest BCUT2D eigenvalue weighted by molar-refractivity contribution is 8.01. The van der Waals surface area contributed by atoms with E-state index >= 15 is 0 Å². The summed E-state index contributed by atoms with van der Waals surface area (Å²) in [7, 11) is 0. The van der Waals surface area contributed by atoms with Crippen LogP contribution >= 0.6 is 11.8 Å². The van der Waals surface area contributed by atoms with Gasteiger partial charge in [0.05, 0.1) is 23.7 Å². The van der Waals surface area contributed by atoms with E-state index in [0.29, 0.717) is 12.2 Å². The Kier molecular flexibility index (Phi) is 6.98. The lowest BCUT2D eigenvalue weighted by Gasteiger charge is -2.36. The minimum atomic E-state index is -1.10. The molecule has 1 heterocycles. The molecule has 0 radical (unpaired) electrons. The number of anilines is 1. The van der Waals surface area contributed by atoms with Gasteiger partial charge in [-0.05, 0) is 38.1 Å². The number of thioether (sulfide) groups is 1. The van der Waals surface area contributed by atoms with Gasteiger partial charge in [0.25, 0.3) is 0 Å². The SMILES string of the molecule is CC(SCC(=O)Nc1ccc(F)cc1)C(=O)N1CC(C(=O)O)O[C@H](C)C1. The lowest BCUT2D eigenvalue weighted by molar-refractivity contribution is -0.166. The van der Waals surface area contributed by atoms with E-state index in [2.05, 4.69) is 5.32 Å². The summed E-state index contributed by atoms with van der Waals surface area (Å²) in [6, 6.07) is 5.39. The topological polar surface area (TPSA) is 95.9 Å². The first-order valence-corrected chi connectivity index (χ1v) is 9.15. The van der Waals surface area contributed by atoms with Gasteiger partial charge < -0.3 is 20.1 Å². The van der Waals surface area contributed by atoms with Gasteiger partial charge in [0.1, 0.15) is 5.82 Å². The first kappa shape index (κ1) is 20.2. The lowest BCUT2D eigenvalue weighted by Crippen LogP contribution is -2.53. The van der Waals surface area contributed by atoms with Crippen LogP contribution in [-0.2, 0) is 19.1 Å². The van der Waals surface area contributed by atoms with Crippen LogP contribution in [0.5, 0.6) is 0 Å². The van der Waals surface area contributed by atoms with Crippen LogP contribution in [0, 0.1) is 5.82 Å². The van der Waals surface area contributed by atoms with E-state index < -0.39 is 23.1 Å². The maximum absolute atomic E-state index is 12.8. The van der Waals surface area contributed by atoms with Crippen LogP contribution in [0.3, 0.4) is 0 Å². The van der Waals surface area contributed by atoms with Crippen molar-refractivity contribution < 1.29 is 28.6 Å². The van der Waals surface area contributed by atoms with E-state index in [4.69, 9.17) is 9.84 Å². The molecule has 1 aromatic carbocycles. The predicted octanol–water partition coefficient (Wildman–Crippen LogP) is 1.59. The van der Waals surface area contributed by atoms with Crippen LogP contribution < -0.4 is 5.32 Å². The van der Waals surface area contributed by atoms with Gasteiger partial charge in [0.15, 0.2) is 6.10 Å². The Bertz CT molecular complexity index is 670. The van der Waals surface area contributed by atoms with Crippen molar-refractivity contribution in [2.45, 2.75) is 31.3 Å². The fourth-order valence-electron chi connectivity index (χ4n) is 2.53. The molecule has 0 aliphatic carbocycles. The summed E-state index contributed by atoms with van der Waals surface area (Å²) < 4.78 is 18.1. The molecule has 142 valence electrons. The summed E-state index contributed by atoms with van der Waals surface area (Å²) in [6.45, 7) is 3.69. The van der Waals surface area contributed by atoms with Crippen molar-refractivity contribution in [1.29, 1.82) is 0 Å². The average Bonchev–Trinajstić information content (AvgIpc) is 2.60. The highest BCUT2D eigenvalue weighted by Gasteiger charge is 2.34. The summed E-state index contributed by atoms with van der Waals surface area (Å²) in [5.74, 6) is -1.98. The summed E-state index contributed by atoms with van der Waals surface area (Å²) in [5, 5.41) is 11.2. The van der Waals surface area contributed by atoms with Gasteiger partial charge in [0, 0.05) is 12.2 Å². The van der Waals surface area contributed by atoms with E-state index in [1.54, 1.807) is 13.8 Å². The Morgan fingerprint density at radius 3 is 2.62 bits per heavy atom. The molecule has 1 saturated heterocycles. The molecule has 7 nitrogen and oxygen atoms in total. The number of hydrogen-bond donors (Lipinski definition) is 2. The van der Waals surface area contributed by atoms with Crippen molar-refractivity contribution >= 4 is 35.2 Å². The smallest absolute Gasteiger partial charge is 0.334 e. The minimum absolute atomic E-state index is 0.00875. The number of nitrogens with zero attached hydrogens (tertiary/aromatic N) is 1. The Hall–Kier alpha value is -2.13. The second-order valence-electron chi connectivity index (χ2n) is 6.03. The number of carbonyl (C=O) groups excluding carboxylic acids is 2. The molecule has 0 spiro atoms. The quantitative estimate of drug-likeness (QED) is 0.773. The summed E-state index contributed by atoms with van der Waals surface area (Å²) in [4.78, 5) is 37.0. The van der Waals surface area contributed by atoms with Gasteiger partial charge in [-0.2, -0.15) is 0 Å². The van der Waals surface area contributed by atoms with Crippen LogP contribution in [0.25, 0.3) is 0 Å². The number of morpholine rings is 1. The number of benzene rings is 1. The maximum Gasteiger partial charge on any atom is 0.334 e. The Balaban J connectivity index is 1.83. The number of halogens is 1. The number of nitrogens with one attached hydrogen (secondary N) is 1. The molecule has 26 heavy (non-hydrogen) atoms. The zero-order valence-corrected chi connectivity index (χ0v) is 15.3. The Labute approximate surface area is 154 Å². The van der Waals surface area contributed by atoms with Crippen molar-refractivity contribution in [2.75, 3.05) is 24.2 Å². The molecule has 2 amide bonds. The van der Waals surface area contributed by atoms with Gasteiger partial charge in [0.2, 0.25) is 11.8 Å². The van der Waals surface area contributed by atoms with Gasteiger partial charge >= 0.3 is 5.97 Å². The second-order valence-corrected chi connectivity index (χ2v) is 7.35. The third-order valence-electron chi connectivity index (χ3n) is 3.79. The van der Waals surface area contributed by atoms with Gasteiger partial charge in [-0.25, -0.2) is 9.18 Å². The number of amides is 2. The maximum atomic E-state index is 12.8. The standard InChI is InChI=1S/C17H21FN2O5S/c1-10-7-20(8-14(25-10)17(23)24)16(22)11(2)26-9-15(21)19-13-5-3-12(18)4-6-13/h3-6,10-11,14H,7-9H2,1-2H3,(H,19,21)(H,23,24)/t10-,11?,14?/m1/s1. The van der Waals surface area contributed by atoms with Gasteiger partial charge in [-0.15, -0.1) is 11.8 Å². The molecular formula is C17H21FN2O5S. The molecule has 1 fully saturated rings. The Morgan fingerprint density at radius 2 is 2.00 bits per heavy atom. The van der Waals surface area contributed by atoms with Gasteiger partial charge in [-0.3, -0.25) is 9.59 Å². The molecule has 2 unspecified atom stereocenters. The first-order valence-electron chi connectivity index (χ1n) is 8.10. The summed E-state index contributed by atoms with van der Waals surface area (Å²) in [6.07, 6.45) is -1.41. The molecule has 9 heteroatoms. The number of rotatable bonds is 6. The van der Waals surface area contributed by atoms with Crippen molar-refractivity contribution in [3.05, 3.63) is 30.1 Å². The molecule has 1 aliphatic heterocycles. The first-order chi connectivity index (χ1) is 12.3. The second kappa shape index (κ2) is 9.00. The summed E-state index contributed by atoms with van der Waals surface area (Å²) in [5.41, 5.74) is 0.474. The van der Waals surface area contributed by atoms with Gasteiger partial charge in [-0.1, -0.05) is 0 Å². The fraction of sp³-hybridized carbons (Fsp3) is 0.471. The third-order valence-corrected chi connectivity index (χ3v) is 4.92. The molecule has 0 saturated carbocycles. The largest absolute Gasteiger partial charge is 0.479 e. The number of ether oxygens (including phenoxy) is 1. The van der Waals surface area contributed by atoms with Crippen LogP contribution in [0.15, 0.2) is 24.3 Å². The monoisotopic (exact) mass is 384 g/mol. The normalized spacial score (nSPS) is 21.1. The average molecular weight is 384 g/mol. The van der Waals surface area contributed by atoms with Crippen molar-refractivity contribution in [3.63, 3.8) is 0 Å². The molecule has 3 atom stereocenters. The number of hydrogen-bond acceptors (Lipinski definition) is 5. The molecule has 1 aliphatic rings. The van der Waals surface area contributed by atoms with E-state index in [-0.39, 0.29) is 30.2 Å². The molecule has 2 rings (SSSR count). The lowest BCUT2D eigenvalue weighted by atomic mass is 10.2. The number of carboxylic acids is 1. The fourth-order valence-corrected chi connectivity index (χ4v) is 3.29. The van der Waals surface area contributed by atoms with Crippen molar-refractivity contribution in [2.24, 2.45) is 0 Å². The third kappa shape index (κ3) is 5.70. The minimum Gasteiger partial charge on any atom is -0.479 e. The number of carbonyl (C=O) groups is 3.